The summed E-state index contributed by atoms with van der Waals surface area (Å²) in [4.78, 5) is 39.2. The Hall–Kier alpha value is -2.47. The molecule has 0 saturated heterocycles. The van der Waals surface area contributed by atoms with Gasteiger partial charge in [0.25, 0.3) is 11.8 Å². The molecule has 0 atom stereocenters. The third-order valence-corrected chi connectivity index (χ3v) is 5.37. The third kappa shape index (κ3) is 2.26. The van der Waals surface area contributed by atoms with E-state index in [9.17, 15) is 14.4 Å². The number of nitrogens with zero attached hydrogens (tertiary/aromatic N) is 1. The van der Waals surface area contributed by atoms with Crippen LogP contribution in [0.15, 0.2) is 30.3 Å². The summed E-state index contributed by atoms with van der Waals surface area (Å²) >= 11 is 1.44. The van der Waals surface area contributed by atoms with Gasteiger partial charge in [0.15, 0.2) is 6.73 Å². The molecular formula is C17H13NO4S. The highest BCUT2D eigenvalue weighted by Gasteiger charge is 2.36. The van der Waals surface area contributed by atoms with E-state index in [0.29, 0.717) is 16.0 Å². The van der Waals surface area contributed by atoms with Crippen LogP contribution < -0.4 is 0 Å². The third-order valence-electron chi connectivity index (χ3n) is 4.15. The molecule has 23 heavy (non-hydrogen) atoms. The number of ether oxygens (including phenoxy) is 1. The predicted octanol–water partition coefficient (Wildman–Crippen LogP) is 2.65. The molecule has 2 amide bonds. The second-order valence-corrected chi connectivity index (χ2v) is 6.69. The van der Waals surface area contributed by atoms with Gasteiger partial charge in [-0.05, 0) is 43.0 Å². The molecule has 0 spiro atoms. The lowest BCUT2D eigenvalue weighted by molar-refractivity contribution is 0.0232. The van der Waals surface area contributed by atoms with Crippen LogP contribution in [0.3, 0.4) is 0 Å². The van der Waals surface area contributed by atoms with Gasteiger partial charge >= 0.3 is 5.97 Å². The van der Waals surface area contributed by atoms with Gasteiger partial charge < -0.3 is 4.74 Å². The molecular weight excluding hydrogens is 314 g/mol. The number of fused-ring (bicyclic) bond motifs is 2. The summed E-state index contributed by atoms with van der Waals surface area (Å²) in [6, 6.07) is 8.46. The Bertz CT molecular complexity index is 782. The second kappa shape index (κ2) is 5.31. The minimum absolute atomic E-state index is 0.351. The molecule has 2 aliphatic rings. The van der Waals surface area contributed by atoms with E-state index in [1.165, 1.54) is 21.8 Å². The van der Waals surface area contributed by atoms with Crippen LogP contribution >= 0.6 is 11.3 Å². The maximum absolute atomic E-state index is 12.2. The fourth-order valence-corrected chi connectivity index (χ4v) is 4.13. The van der Waals surface area contributed by atoms with Gasteiger partial charge in [0.1, 0.15) is 4.88 Å². The predicted molar refractivity (Wildman–Crippen MR) is 83.6 cm³/mol. The van der Waals surface area contributed by atoms with Crippen molar-refractivity contribution in [3.8, 4) is 0 Å². The monoisotopic (exact) mass is 327 g/mol. The molecule has 2 heterocycles. The standard InChI is InChI=1S/C17H13NO4S/c19-15-11-5-1-2-6-12(11)16(20)18(15)9-22-17(21)14-8-10-4-3-7-13(10)23-14/h1-2,5-6,8H,3-4,7,9H2. The summed E-state index contributed by atoms with van der Waals surface area (Å²) in [6.07, 6.45) is 3.13. The van der Waals surface area contributed by atoms with Gasteiger partial charge in [-0.25, -0.2) is 9.69 Å². The average Bonchev–Trinajstić information content (AvgIpc) is 3.21. The molecule has 0 unspecified atom stereocenters. The number of carbonyl (C=O) groups is 3. The van der Waals surface area contributed by atoms with Crippen molar-refractivity contribution < 1.29 is 19.1 Å². The van der Waals surface area contributed by atoms with Crippen molar-refractivity contribution in [3.05, 3.63) is 56.8 Å². The minimum atomic E-state index is -0.485. The van der Waals surface area contributed by atoms with Crippen LogP contribution in [0.5, 0.6) is 0 Å². The highest BCUT2D eigenvalue weighted by molar-refractivity contribution is 7.14. The summed E-state index contributed by atoms with van der Waals surface area (Å²) < 4.78 is 5.18. The van der Waals surface area contributed by atoms with Crippen molar-refractivity contribution in [2.24, 2.45) is 0 Å². The zero-order chi connectivity index (χ0) is 16.0. The van der Waals surface area contributed by atoms with Crippen LogP contribution in [0, 0.1) is 0 Å². The molecule has 4 rings (SSSR count). The van der Waals surface area contributed by atoms with E-state index in [4.69, 9.17) is 4.74 Å². The highest BCUT2D eigenvalue weighted by atomic mass is 32.1. The van der Waals surface area contributed by atoms with Crippen LogP contribution in [-0.2, 0) is 17.6 Å². The van der Waals surface area contributed by atoms with Crippen molar-refractivity contribution in [1.29, 1.82) is 0 Å². The number of rotatable bonds is 3. The van der Waals surface area contributed by atoms with Crippen LogP contribution in [0.4, 0.5) is 0 Å². The first-order valence-electron chi connectivity index (χ1n) is 7.39. The first-order chi connectivity index (χ1) is 11.1. The number of carbonyl (C=O) groups excluding carboxylic acids is 3. The Morgan fingerprint density at radius 2 is 1.83 bits per heavy atom. The van der Waals surface area contributed by atoms with Gasteiger partial charge in [-0.3, -0.25) is 9.59 Å². The summed E-state index contributed by atoms with van der Waals surface area (Å²) in [6.45, 7) is -0.353. The van der Waals surface area contributed by atoms with Crippen LogP contribution in [0.1, 0.15) is 47.2 Å². The topological polar surface area (TPSA) is 63.7 Å². The van der Waals surface area contributed by atoms with Crippen molar-refractivity contribution in [2.75, 3.05) is 6.73 Å². The average molecular weight is 327 g/mol. The van der Waals surface area contributed by atoms with Gasteiger partial charge in [-0.1, -0.05) is 12.1 Å². The smallest absolute Gasteiger partial charge is 0.350 e. The lowest BCUT2D eigenvalue weighted by atomic mass is 10.1. The summed E-state index contributed by atoms with van der Waals surface area (Å²) in [5.74, 6) is -1.33. The lowest BCUT2D eigenvalue weighted by Crippen LogP contribution is -2.33. The number of hydrogen-bond acceptors (Lipinski definition) is 5. The van der Waals surface area contributed by atoms with E-state index in [1.54, 1.807) is 24.3 Å². The molecule has 1 aliphatic carbocycles. The van der Waals surface area contributed by atoms with Gasteiger partial charge in [0.2, 0.25) is 0 Å². The van der Waals surface area contributed by atoms with E-state index < -0.39 is 17.8 Å². The highest BCUT2D eigenvalue weighted by Crippen LogP contribution is 2.31. The van der Waals surface area contributed by atoms with Crippen molar-refractivity contribution >= 4 is 29.1 Å². The Kier molecular flexibility index (Phi) is 3.27. The normalized spacial score (nSPS) is 15.7. The first kappa shape index (κ1) is 14.1. The van der Waals surface area contributed by atoms with Crippen LogP contribution in [-0.4, -0.2) is 29.4 Å². The van der Waals surface area contributed by atoms with Crippen molar-refractivity contribution in [2.45, 2.75) is 19.3 Å². The number of thiophene rings is 1. The van der Waals surface area contributed by atoms with Crippen LogP contribution in [0.25, 0.3) is 0 Å². The maximum atomic E-state index is 12.2. The molecule has 1 aliphatic heterocycles. The van der Waals surface area contributed by atoms with Crippen molar-refractivity contribution in [1.82, 2.24) is 4.90 Å². The minimum Gasteiger partial charge on any atom is -0.439 e. The molecule has 0 fully saturated rings. The van der Waals surface area contributed by atoms with Crippen LogP contribution in [0.2, 0.25) is 0 Å². The molecule has 6 heteroatoms. The Morgan fingerprint density at radius 3 is 2.48 bits per heavy atom. The van der Waals surface area contributed by atoms with E-state index in [2.05, 4.69) is 0 Å². The molecule has 5 nitrogen and oxygen atoms in total. The molecule has 116 valence electrons. The quantitative estimate of drug-likeness (QED) is 0.642. The van der Waals surface area contributed by atoms with Crippen molar-refractivity contribution in [3.63, 3.8) is 0 Å². The molecule has 2 aromatic rings. The molecule has 1 aromatic heterocycles. The SMILES string of the molecule is O=C(OCN1C(=O)c2ccccc2C1=O)c1cc2c(s1)CCC2. The lowest BCUT2D eigenvalue weighted by Gasteiger charge is -2.13. The largest absolute Gasteiger partial charge is 0.439 e. The Morgan fingerprint density at radius 1 is 1.13 bits per heavy atom. The van der Waals surface area contributed by atoms with Gasteiger partial charge in [-0.15, -0.1) is 11.3 Å². The number of imide groups is 1. The summed E-state index contributed by atoms with van der Waals surface area (Å²) in [7, 11) is 0. The number of benzene rings is 1. The fourth-order valence-electron chi connectivity index (χ4n) is 2.98. The molecule has 0 bridgehead atoms. The fraction of sp³-hybridized carbons (Fsp3) is 0.235. The van der Waals surface area contributed by atoms with E-state index >= 15 is 0 Å². The second-order valence-electron chi connectivity index (χ2n) is 5.56. The first-order valence-corrected chi connectivity index (χ1v) is 8.21. The summed E-state index contributed by atoms with van der Waals surface area (Å²) in [5.41, 5.74) is 1.91. The van der Waals surface area contributed by atoms with E-state index in [0.717, 1.165) is 24.2 Å². The Labute approximate surface area is 136 Å². The number of amides is 2. The van der Waals surface area contributed by atoms with Gasteiger partial charge in [0, 0.05) is 4.88 Å². The zero-order valence-corrected chi connectivity index (χ0v) is 13.0. The van der Waals surface area contributed by atoms with Gasteiger partial charge in [-0.2, -0.15) is 0 Å². The maximum Gasteiger partial charge on any atom is 0.350 e. The van der Waals surface area contributed by atoms with E-state index in [1.807, 2.05) is 6.07 Å². The molecule has 0 saturated carbocycles. The number of aryl methyl sites for hydroxylation is 2. The van der Waals surface area contributed by atoms with Gasteiger partial charge in [0.05, 0.1) is 11.1 Å². The molecule has 0 radical (unpaired) electrons. The number of esters is 1. The summed E-state index contributed by atoms with van der Waals surface area (Å²) in [5, 5.41) is 0. The Balaban J connectivity index is 1.46. The number of hydrogen-bond donors (Lipinski definition) is 0. The zero-order valence-electron chi connectivity index (χ0n) is 12.2. The molecule has 0 N–H and O–H groups in total. The van der Waals surface area contributed by atoms with E-state index in [-0.39, 0.29) is 6.73 Å². The molecule has 1 aromatic carbocycles.